The number of likely N-dealkylation sites (tertiary alicyclic amines) is 1. The molecule has 3 N–H and O–H groups in total. The molecule has 0 bridgehead atoms. The Balaban J connectivity index is 1.52. The normalized spacial score (nSPS) is 15.8. The summed E-state index contributed by atoms with van der Waals surface area (Å²) in [7, 11) is 1.59. The van der Waals surface area contributed by atoms with Crippen LogP contribution in [0.2, 0.25) is 0 Å². The molecule has 1 unspecified atom stereocenters. The zero-order chi connectivity index (χ0) is 22.6. The van der Waals surface area contributed by atoms with Crippen molar-refractivity contribution < 1.29 is 13.9 Å². The van der Waals surface area contributed by atoms with Gasteiger partial charge >= 0.3 is 0 Å². The molecule has 8 nitrogen and oxygen atoms in total. The summed E-state index contributed by atoms with van der Waals surface area (Å²) in [6.07, 6.45) is 5.44. The summed E-state index contributed by atoms with van der Waals surface area (Å²) in [5.74, 6) is 2.22. The molecule has 1 saturated heterocycles. The van der Waals surface area contributed by atoms with Crippen LogP contribution in [0.5, 0.6) is 5.75 Å². The molecule has 174 valence electrons. The summed E-state index contributed by atoms with van der Waals surface area (Å²) in [6, 6.07) is 11.2. The SMILES string of the molecule is CCNC(=NCC(c1ccco1)N1CCCCC1)NCCNC(=O)c1cccc(OC)c1. The van der Waals surface area contributed by atoms with Gasteiger partial charge in [-0.3, -0.25) is 14.7 Å². The number of ether oxygens (including phenoxy) is 1. The highest BCUT2D eigenvalue weighted by atomic mass is 16.5. The second-order valence-corrected chi connectivity index (χ2v) is 7.76. The van der Waals surface area contributed by atoms with E-state index in [9.17, 15) is 4.79 Å². The van der Waals surface area contributed by atoms with Crippen molar-refractivity contribution >= 4 is 11.9 Å². The first kappa shape index (κ1) is 23.7. The molecule has 32 heavy (non-hydrogen) atoms. The summed E-state index contributed by atoms with van der Waals surface area (Å²) in [4.78, 5) is 19.6. The van der Waals surface area contributed by atoms with Gasteiger partial charge in [-0.25, -0.2) is 0 Å². The highest BCUT2D eigenvalue weighted by molar-refractivity contribution is 5.94. The zero-order valence-electron chi connectivity index (χ0n) is 19.1. The topological polar surface area (TPSA) is 91.1 Å². The number of furan rings is 1. The number of nitrogens with one attached hydrogen (secondary N) is 3. The Kier molecular flexibility index (Phi) is 9.43. The Hall–Kier alpha value is -3.00. The van der Waals surface area contributed by atoms with Gasteiger partial charge in [0.15, 0.2) is 5.96 Å². The fourth-order valence-electron chi connectivity index (χ4n) is 3.84. The third-order valence-electron chi connectivity index (χ3n) is 5.50. The van der Waals surface area contributed by atoms with Gasteiger partial charge in [-0.1, -0.05) is 12.5 Å². The molecule has 2 heterocycles. The number of rotatable bonds is 10. The summed E-state index contributed by atoms with van der Waals surface area (Å²) in [5, 5.41) is 9.51. The molecule has 2 aromatic rings. The molecule has 1 aromatic carbocycles. The zero-order valence-corrected chi connectivity index (χ0v) is 19.1. The van der Waals surface area contributed by atoms with Crippen LogP contribution in [0.3, 0.4) is 0 Å². The third kappa shape index (κ3) is 7.02. The van der Waals surface area contributed by atoms with Crippen LogP contribution in [-0.4, -0.2) is 63.1 Å². The molecule has 3 rings (SSSR count). The van der Waals surface area contributed by atoms with Crippen LogP contribution in [0.4, 0.5) is 0 Å². The highest BCUT2D eigenvalue weighted by Gasteiger charge is 2.24. The average Bonchev–Trinajstić information content (AvgIpc) is 3.37. The quantitative estimate of drug-likeness (QED) is 0.298. The van der Waals surface area contributed by atoms with Gasteiger partial charge in [-0.2, -0.15) is 0 Å². The number of methoxy groups -OCH3 is 1. The lowest BCUT2D eigenvalue weighted by Gasteiger charge is -2.32. The number of hydrogen-bond donors (Lipinski definition) is 3. The van der Waals surface area contributed by atoms with E-state index in [0.29, 0.717) is 30.9 Å². The minimum atomic E-state index is -0.129. The van der Waals surface area contributed by atoms with E-state index >= 15 is 0 Å². The number of amides is 1. The summed E-state index contributed by atoms with van der Waals surface area (Å²) < 4.78 is 10.9. The van der Waals surface area contributed by atoms with Crippen molar-refractivity contribution in [3.05, 3.63) is 54.0 Å². The second-order valence-electron chi connectivity index (χ2n) is 7.76. The minimum Gasteiger partial charge on any atom is -0.497 e. The summed E-state index contributed by atoms with van der Waals surface area (Å²) in [6.45, 7) is 6.60. The first-order valence-corrected chi connectivity index (χ1v) is 11.4. The van der Waals surface area contributed by atoms with E-state index in [4.69, 9.17) is 14.1 Å². The van der Waals surface area contributed by atoms with E-state index in [2.05, 4.69) is 20.9 Å². The minimum absolute atomic E-state index is 0.129. The van der Waals surface area contributed by atoms with Crippen LogP contribution in [0, 0.1) is 0 Å². The standard InChI is InChI=1S/C24H35N5O3/c1-3-25-24(27-13-12-26-23(30)19-9-7-10-20(17-19)31-2)28-18-21(22-11-8-16-32-22)29-14-5-4-6-15-29/h7-11,16-17,21H,3-6,12-15,18H2,1-2H3,(H,26,30)(H2,25,27,28). The monoisotopic (exact) mass is 441 g/mol. The van der Waals surface area contributed by atoms with Crippen LogP contribution < -0.4 is 20.7 Å². The second kappa shape index (κ2) is 12.8. The summed E-state index contributed by atoms with van der Waals surface area (Å²) in [5.41, 5.74) is 0.577. The first-order chi connectivity index (χ1) is 15.7. The lowest BCUT2D eigenvalue weighted by atomic mass is 10.1. The van der Waals surface area contributed by atoms with E-state index in [1.54, 1.807) is 31.6 Å². The van der Waals surface area contributed by atoms with Crippen molar-refractivity contribution in [2.45, 2.75) is 32.2 Å². The number of nitrogens with zero attached hydrogens (tertiary/aromatic N) is 2. The molecule has 0 aliphatic carbocycles. The van der Waals surface area contributed by atoms with E-state index in [1.807, 2.05) is 25.1 Å². The number of carbonyl (C=O) groups is 1. The van der Waals surface area contributed by atoms with Gasteiger partial charge in [0.2, 0.25) is 0 Å². The van der Waals surface area contributed by atoms with Crippen molar-refractivity contribution in [2.75, 3.05) is 46.4 Å². The number of guanidine groups is 1. The molecular formula is C24H35N5O3. The number of benzene rings is 1. The molecule has 0 spiro atoms. The van der Waals surface area contributed by atoms with Crippen LogP contribution in [0.1, 0.15) is 48.3 Å². The van der Waals surface area contributed by atoms with Crippen molar-refractivity contribution in [1.29, 1.82) is 0 Å². The van der Waals surface area contributed by atoms with Gasteiger partial charge in [0.1, 0.15) is 11.5 Å². The van der Waals surface area contributed by atoms with Crippen LogP contribution >= 0.6 is 0 Å². The third-order valence-corrected chi connectivity index (χ3v) is 5.50. The van der Waals surface area contributed by atoms with Crippen molar-refractivity contribution in [3.8, 4) is 5.75 Å². The molecule has 8 heteroatoms. The van der Waals surface area contributed by atoms with E-state index in [0.717, 1.165) is 31.4 Å². The van der Waals surface area contributed by atoms with Gasteiger partial charge in [0.05, 0.1) is 26.0 Å². The lowest BCUT2D eigenvalue weighted by Crippen LogP contribution is -2.42. The fraction of sp³-hybridized carbons (Fsp3) is 0.500. The van der Waals surface area contributed by atoms with E-state index in [1.165, 1.54) is 19.3 Å². The Bertz CT molecular complexity index is 847. The Morgan fingerprint density at radius 3 is 2.66 bits per heavy atom. The van der Waals surface area contributed by atoms with E-state index < -0.39 is 0 Å². The molecule has 1 aromatic heterocycles. The van der Waals surface area contributed by atoms with Gasteiger partial charge in [0.25, 0.3) is 5.91 Å². The average molecular weight is 442 g/mol. The van der Waals surface area contributed by atoms with Crippen molar-refractivity contribution in [3.63, 3.8) is 0 Å². The predicted molar refractivity (Wildman–Crippen MR) is 126 cm³/mol. The lowest BCUT2D eigenvalue weighted by molar-refractivity contribution is 0.0954. The highest BCUT2D eigenvalue weighted by Crippen LogP contribution is 2.25. The molecule has 1 atom stereocenters. The van der Waals surface area contributed by atoms with Gasteiger partial charge in [0, 0.05) is 25.2 Å². The van der Waals surface area contributed by atoms with Gasteiger partial charge < -0.3 is 25.1 Å². The van der Waals surface area contributed by atoms with Crippen LogP contribution in [-0.2, 0) is 0 Å². The van der Waals surface area contributed by atoms with Crippen molar-refractivity contribution in [2.24, 2.45) is 4.99 Å². The van der Waals surface area contributed by atoms with Crippen LogP contribution in [0.25, 0.3) is 0 Å². The van der Waals surface area contributed by atoms with Gasteiger partial charge in [-0.15, -0.1) is 0 Å². The smallest absolute Gasteiger partial charge is 0.251 e. The first-order valence-electron chi connectivity index (χ1n) is 11.4. The molecule has 0 saturated carbocycles. The Morgan fingerprint density at radius 2 is 1.94 bits per heavy atom. The maximum Gasteiger partial charge on any atom is 0.251 e. The number of aliphatic imine (C=N–C) groups is 1. The molecule has 1 aliphatic rings. The number of piperidine rings is 1. The Morgan fingerprint density at radius 1 is 1.12 bits per heavy atom. The molecule has 1 amide bonds. The predicted octanol–water partition coefficient (Wildman–Crippen LogP) is 2.80. The molecule has 1 fully saturated rings. The molecule has 1 aliphatic heterocycles. The maximum absolute atomic E-state index is 12.3. The van der Waals surface area contributed by atoms with Crippen LogP contribution in [0.15, 0.2) is 52.1 Å². The maximum atomic E-state index is 12.3. The molecule has 0 radical (unpaired) electrons. The van der Waals surface area contributed by atoms with Crippen molar-refractivity contribution in [1.82, 2.24) is 20.9 Å². The summed E-state index contributed by atoms with van der Waals surface area (Å²) >= 11 is 0. The number of hydrogen-bond acceptors (Lipinski definition) is 5. The van der Waals surface area contributed by atoms with E-state index in [-0.39, 0.29) is 11.9 Å². The number of carbonyl (C=O) groups excluding carboxylic acids is 1. The fourth-order valence-corrected chi connectivity index (χ4v) is 3.84. The largest absolute Gasteiger partial charge is 0.497 e. The Labute approximate surface area is 190 Å². The molecular weight excluding hydrogens is 406 g/mol. The van der Waals surface area contributed by atoms with Gasteiger partial charge in [-0.05, 0) is 63.2 Å².